The molecule has 6 rings (SSSR count). The molecule has 1 saturated heterocycles. The molecule has 0 atom stereocenters. The van der Waals surface area contributed by atoms with E-state index in [-0.39, 0.29) is 23.0 Å². The molecule has 2 N–H and O–H groups in total. The summed E-state index contributed by atoms with van der Waals surface area (Å²) in [5.41, 5.74) is 4.89. The van der Waals surface area contributed by atoms with E-state index in [1.165, 1.54) is 5.56 Å². The number of aromatic nitrogens is 1. The molecule has 3 aliphatic rings. The van der Waals surface area contributed by atoms with Gasteiger partial charge in [-0.3, -0.25) is 14.6 Å². The molecule has 1 saturated carbocycles. The molecular weight excluding hydrogens is 450 g/mol. The summed E-state index contributed by atoms with van der Waals surface area (Å²) in [6.07, 6.45) is 5.98. The van der Waals surface area contributed by atoms with Crippen LogP contribution in [-0.2, 0) is 16.8 Å². The molecule has 1 spiro atoms. The van der Waals surface area contributed by atoms with Gasteiger partial charge < -0.3 is 10.6 Å². The van der Waals surface area contributed by atoms with Gasteiger partial charge >= 0.3 is 6.03 Å². The molecule has 3 amide bonds. The highest BCUT2D eigenvalue weighted by molar-refractivity contribution is 6.02. The third-order valence-electron chi connectivity index (χ3n) is 8.40. The Hall–Kier alpha value is -3.71. The first-order chi connectivity index (χ1) is 17.4. The Morgan fingerprint density at radius 3 is 2.39 bits per heavy atom. The molecule has 7 heteroatoms. The zero-order chi connectivity index (χ0) is 24.9. The van der Waals surface area contributed by atoms with Crippen LogP contribution in [0.5, 0.6) is 0 Å². The Kier molecular flexibility index (Phi) is 5.34. The van der Waals surface area contributed by atoms with Crippen LogP contribution in [0.25, 0.3) is 11.1 Å². The van der Waals surface area contributed by atoms with Crippen LogP contribution >= 0.6 is 0 Å². The van der Waals surface area contributed by atoms with Crippen molar-refractivity contribution in [3.05, 3.63) is 78.0 Å². The number of amides is 3. The smallest absolute Gasteiger partial charge is 0.323 e. The van der Waals surface area contributed by atoms with Gasteiger partial charge in [-0.15, -0.1) is 0 Å². The van der Waals surface area contributed by atoms with Crippen LogP contribution in [0.2, 0.25) is 0 Å². The van der Waals surface area contributed by atoms with Gasteiger partial charge in [0.05, 0.1) is 18.5 Å². The first kappa shape index (κ1) is 22.7. The number of hydrogen-bond donors (Lipinski definition) is 2. The normalized spacial score (nSPS) is 25.2. The van der Waals surface area contributed by atoms with Crippen molar-refractivity contribution in [2.75, 3.05) is 30.9 Å². The van der Waals surface area contributed by atoms with E-state index in [9.17, 15) is 9.59 Å². The highest BCUT2D eigenvalue weighted by Crippen LogP contribution is 2.46. The summed E-state index contributed by atoms with van der Waals surface area (Å²) in [7, 11) is 4.31. The first-order valence-electron chi connectivity index (χ1n) is 12.6. The van der Waals surface area contributed by atoms with Crippen molar-refractivity contribution in [2.45, 2.75) is 43.2 Å². The molecule has 7 nitrogen and oxygen atoms in total. The van der Waals surface area contributed by atoms with E-state index in [0.29, 0.717) is 18.8 Å². The lowest BCUT2D eigenvalue weighted by Crippen LogP contribution is -2.54. The first-order valence-corrected chi connectivity index (χ1v) is 12.6. The van der Waals surface area contributed by atoms with E-state index in [2.05, 4.69) is 64.9 Å². The van der Waals surface area contributed by atoms with Gasteiger partial charge in [-0.05, 0) is 74.7 Å². The minimum Gasteiger partial charge on any atom is -0.330 e. The van der Waals surface area contributed by atoms with Crippen LogP contribution in [0.4, 0.5) is 16.3 Å². The molecule has 0 radical (unpaired) electrons. The molecule has 2 fully saturated rings. The van der Waals surface area contributed by atoms with Crippen LogP contribution in [-0.4, -0.2) is 48.0 Å². The Bertz CT molecular complexity index is 1310. The maximum Gasteiger partial charge on any atom is 0.323 e. The van der Waals surface area contributed by atoms with Gasteiger partial charge in [0.15, 0.2) is 0 Å². The van der Waals surface area contributed by atoms with Crippen LogP contribution in [0, 0.1) is 0 Å². The van der Waals surface area contributed by atoms with Crippen molar-refractivity contribution in [1.29, 1.82) is 0 Å². The third-order valence-corrected chi connectivity index (χ3v) is 8.40. The molecule has 0 bridgehead atoms. The molecule has 1 aromatic heterocycles. The highest BCUT2D eigenvalue weighted by atomic mass is 16.2. The van der Waals surface area contributed by atoms with Crippen molar-refractivity contribution < 1.29 is 9.59 Å². The van der Waals surface area contributed by atoms with Crippen molar-refractivity contribution in [3.8, 4) is 11.1 Å². The van der Waals surface area contributed by atoms with Crippen molar-refractivity contribution >= 4 is 23.4 Å². The van der Waals surface area contributed by atoms with Gasteiger partial charge in [0, 0.05) is 23.0 Å². The number of carbonyl (C=O) groups excluding carboxylic acids is 2. The zero-order valence-electron chi connectivity index (χ0n) is 20.8. The number of urea groups is 1. The van der Waals surface area contributed by atoms with Gasteiger partial charge in [0.2, 0.25) is 5.91 Å². The fourth-order valence-corrected chi connectivity index (χ4v) is 6.29. The van der Waals surface area contributed by atoms with Crippen molar-refractivity contribution in [3.63, 3.8) is 0 Å². The van der Waals surface area contributed by atoms with Gasteiger partial charge in [-0.2, -0.15) is 0 Å². The molecule has 0 unspecified atom stereocenters. The number of fused-ring (bicyclic) bond motifs is 1. The van der Waals surface area contributed by atoms with E-state index < -0.39 is 0 Å². The number of benzene rings is 2. The summed E-state index contributed by atoms with van der Waals surface area (Å²) in [4.78, 5) is 33.7. The third kappa shape index (κ3) is 3.66. The fraction of sp³-hybridized carbons (Fsp3) is 0.345. The fourth-order valence-electron chi connectivity index (χ4n) is 6.29. The van der Waals surface area contributed by atoms with E-state index in [1.807, 2.05) is 30.3 Å². The minimum absolute atomic E-state index is 0.0131. The second kappa shape index (κ2) is 8.45. The van der Waals surface area contributed by atoms with Crippen LogP contribution in [0.15, 0.2) is 66.9 Å². The summed E-state index contributed by atoms with van der Waals surface area (Å²) in [5.74, 6) is 0.668. The Labute approximate surface area is 211 Å². The lowest BCUT2D eigenvalue weighted by molar-refractivity contribution is -0.115. The largest absolute Gasteiger partial charge is 0.330 e. The second-order valence-corrected chi connectivity index (χ2v) is 10.6. The lowest BCUT2D eigenvalue weighted by Gasteiger charge is -2.48. The summed E-state index contributed by atoms with van der Waals surface area (Å²) in [6.45, 7) is 0.621. The van der Waals surface area contributed by atoms with Gasteiger partial charge in [0.25, 0.3) is 0 Å². The number of nitrogens with zero attached hydrogens (tertiary/aromatic N) is 3. The van der Waals surface area contributed by atoms with Crippen LogP contribution < -0.4 is 15.5 Å². The lowest BCUT2D eigenvalue weighted by atomic mass is 9.69. The average molecular weight is 482 g/mol. The van der Waals surface area contributed by atoms with Gasteiger partial charge in [0.1, 0.15) is 5.82 Å². The van der Waals surface area contributed by atoms with E-state index >= 15 is 0 Å². The Balaban J connectivity index is 1.20. The topological polar surface area (TPSA) is 77.6 Å². The molecular formula is C29H31N5O2. The molecule has 36 heavy (non-hydrogen) atoms. The molecule has 184 valence electrons. The monoisotopic (exact) mass is 481 g/mol. The van der Waals surface area contributed by atoms with E-state index in [1.54, 1.807) is 11.1 Å². The summed E-state index contributed by atoms with van der Waals surface area (Å²) in [6, 6.07) is 20.4. The van der Waals surface area contributed by atoms with Crippen molar-refractivity contribution in [2.24, 2.45) is 0 Å². The maximum atomic E-state index is 13.1. The standard InChI is InChI=1S/C29H31N5O2/c1-33(2)29(21-7-4-3-5-8-21)15-13-28(14-16-29)19-34(27(36)32-28)25-12-11-20(18-30-25)22-9-6-10-24-23(22)17-26(35)31-24/h3-12,18H,13-17,19H2,1-2H3,(H,31,35)(H,32,36)/t28-,29-. The number of rotatable bonds is 4. The molecule has 3 aromatic rings. The summed E-state index contributed by atoms with van der Waals surface area (Å²) < 4.78 is 0. The van der Waals surface area contributed by atoms with Gasteiger partial charge in [-0.1, -0.05) is 42.5 Å². The van der Waals surface area contributed by atoms with Crippen LogP contribution in [0.1, 0.15) is 36.8 Å². The summed E-state index contributed by atoms with van der Waals surface area (Å²) >= 11 is 0. The number of carbonyl (C=O) groups is 2. The molecule has 2 aromatic carbocycles. The van der Waals surface area contributed by atoms with E-state index in [4.69, 9.17) is 0 Å². The second-order valence-electron chi connectivity index (χ2n) is 10.6. The maximum absolute atomic E-state index is 13.1. The minimum atomic E-state index is -0.238. The van der Waals surface area contributed by atoms with E-state index in [0.717, 1.165) is 48.1 Å². The molecule has 1 aliphatic carbocycles. The average Bonchev–Trinajstić information content (AvgIpc) is 3.43. The Morgan fingerprint density at radius 2 is 1.69 bits per heavy atom. The SMILES string of the molecule is CN(C)[C@]1(c2ccccc2)CC[C@@]2(CC1)CN(c1ccc(-c3cccc4c3CC(=O)N4)cn1)C(=O)N2. The number of hydrogen-bond acceptors (Lipinski definition) is 4. The van der Waals surface area contributed by atoms with Crippen molar-refractivity contribution in [1.82, 2.24) is 15.2 Å². The molecule has 3 heterocycles. The highest BCUT2D eigenvalue weighted by Gasteiger charge is 2.50. The number of pyridine rings is 1. The molecule has 2 aliphatic heterocycles. The number of nitrogens with one attached hydrogen (secondary N) is 2. The predicted molar refractivity (Wildman–Crippen MR) is 141 cm³/mol. The predicted octanol–water partition coefficient (Wildman–Crippen LogP) is 4.54. The number of anilines is 2. The quantitative estimate of drug-likeness (QED) is 0.574. The van der Waals surface area contributed by atoms with Crippen LogP contribution in [0.3, 0.4) is 0 Å². The Morgan fingerprint density at radius 1 is 0.917 bits per heavy atom. The summed E-state index contributed by atoms with van der Waals surface area (Å²) in [5, 5.41) is 6.22. The zero-order valence-corrected chi connectivity index (χ0v) is 20.8. The van der Waals surface area contributed by atoms with Gasteiger partial charge in [-0.25, -0.2) is 9.78 Å².